The van der Waals surface area contributed by atoms with Gasteiger partial charge in [0.25, 0.3) is 0 Å². The Balaban J connectivity index is 1.50. The number of fused-ring (bicyclic) bond motifs is 1. The number of halogens is 1. The van der Waals surface area contributed by atoms with E-state index in [-0.39, 0.29) is 11.7 Å². The van der Waals surface area contributed by atoms with Gasteiger partial charge < -0.3 is 10.7 Å². The van der Waals surface area contributed by atoms with Crippen LogP contribution in [-0.4, -0.2) is 26.0 Å². The largest absolute Gasteiger partial charge is 0.325 e. The number of hydrogen-bond acceptors (Lipinski definition) is 5. The van der Waals surface area contributed by atoms with Gasteiger partial charge in [-0.2, -0.15) is 0 Å². The molecule has 3 aromatic carbocycles. The molecule has 2 N–H and O–H groups in total. The van der Waals surface area contributed by atoms with Crippen LogP contribution in [0, 0.1) is 12.7 Å². The van der Waals surface area contributed by atoms with Gasteiger partial charge in [0, 0.05) is 11.3 Å². The van der Waals surface area contributed by atoms with Crippen LogP contribution in [-0.2, 0) is 4.79 Å². The van der Waals surface area contributed by atoms with Crippen molar-refractivity contribution >= 4 is 23.4 Å². The first kappa shape index (κ1) is 20.3. The number of aryl methyl sites for hydroxylation is 1. The molecule has 0 fully saturated rings. The number of nitrogens with zero attached hydrogens (tertiary/aromatic N) is 3. The smallest absolute Gasteiger partial charge is 0.240 e. The van der Waals surface area contributed by atoms with E-state index in [9.17, 15) is 9.18 Å². The summed E-state index contributed by atoms with van der Waals surface area (Å²) in [5.74, 6) is 0.154. The highest BCUT2D eigenvalue weighted by molar-refractivity contribution is 8.00. The Morgan fingerprint density at radius 3 is 2.44 bits per heavy atom. The van der Waals surface area contributed by atoms with Crippen LogP contribution in [0.3, 0.4) is 0 Å². The molecule has 8 heteroatoms. The second-order valence-corrected chi connectivity index (χ2v) is 8.67. The summed E-state index contributed by atoms with van der Waals surface area (Å²) in [7, 11) is 0. The number of hydrogen-bond donors (Lipinski definition) is 2. The number of carbonyl (C=O) groups is 1. The lowest BCUT2D eigenvalue weighted by Gasteiger charge is -2.33. The third kappa shape index (κ3) is 3.97. The number of benzene rings is 3. The van der Waals surface area contributed by atoms with Crippen LogP contribution in [0.2, 0.25) is 0 Å². The molecule has 0 bridgehead atoms. The van der Waals surface area contributed by atoms with Gasteiger partial charge in [0.2, 0.25) is 11.1 Å². The molecule has 1 amide bonds. The Labute approximate surface area is 188 Å². The topological polar surface area (TPSA) is 71.8 Å². The zero-order valence-electron chi connectivity index (χ0n) is 17.2. The van der Waals surface area contributed by atoms with Crippen molar-refractivity contribution in [3.8, 4) is 11.4 Å². The molecule has 0 unspecified atom stereocenters. The van der Waals surface area contributed by atoms with E-state index < -0.39 is 11.3 Å². The van der Waals surface area contributed by atoms with Gasteiger partial charge in [-0.3, -0.25) is 4.79 Å². The minimum atomic E-state index is -0.540. The summed E-state index contributed by atoms with van der Waals surface area (Å²) in [6, 6.07) is 23.1. The number of carbonyl (C=O) groups excluding carboxylic acids is 1. The summed E-state index contributed by atoms with van der Waals surface area (Å²) in [4.78, 5) is 13.3. The van der Waals surface area contributed by atoms with Gasteiger partial charge in [0.15, 0.2) is 5.82 Å². The average molecular weight is 446 g/mol. The Morgan fingerprint density at radius 1 is 1.00 bits per heavy atom. The van der Waals surface area contributed by atoms with E-state index in [4.69, 9.17) is 0 Å². The van der Waals surface area contributed by atoms with E-state index in [2.05, 4.69) is 20.9 Å². The predicted molar refractivity (Wildman–Crippen MR) is 123 cm³/mol. The van der Waals surface area contributed by atoms with Gasteiger partial charge in [-0.1, -0.05) is 71.9 Å². The predicted octanol–water partition coefficient (Wildman–Crippen LogP) is 4.79. The molecule has 1 aromatic heterocycles. The Hall–Kier alpha value is -3.65. The van der Waals surface area contributed by atoms with Crippen molar-refractivity contribution in [2.45, 2.75) is 23.4 Å². The lowest BCUT2D eigenvalue weighted by atomic mass is 10.0. The second-order valence-electron chi connectivity index (χ2n) is 7.56. The monoisotopic (exact) mass is 445 g/mol. The summed E-state index contributed by atoms with van der Waals surface area (Å²) in [6.07, 6.45) is 0. The molecular formula is C24H20FN5OS. The van der Waals surface area contributed by atoms with Crippen LogP contribution < -0.4 is 10.7 Å². The minimum Gasteiger partial charge on any atom is -0.325 e. The van der Waals surface area contributed by atoms with E-state index in [1.165, 1.54) is 23.9 Å². The van der Waals surface area contributed by atoms with Crippen molar-refractivity contribution in [1.82, 2.24) is 14.9 Å². The molecule has 0 aliphatic carbocycles. The number of anilines is 1. The van der Waals surface area contributed by atoms with E-state index in [1.54, 1.807) is 16.8 Å². The molecule has 2 atom stereocenters. The fourth-order valence-electron chi connectivity index (χ4n) is 3.60. The highest BCUT2D eigenvalue weighted by atomic mass is 32.2. The van der Waals surface area contributed by atoms with E-state index >= 15 is 0 Å². The second kappa shape index (κ2) is 8.47. The molecule has 1 aliphatic heterocycles. The molecule has 32 heavy (non-hydrogen) atoms. The standard InChI is InChI=1S/C24H20FN5OS/c1-15-7-13-19(14-8-15)26-23(31)21-20(16-9-11-18(25)12-10-16)29-30-22(27-28-24(30)32-21)17-5-3-2-4-6-17/h2-14,20-21,29H,1H3,(H,26,31)/t20-,21-/m0/s1. The normalized spacial score (nSPS) is 17.3. The quantitative estimate of drug-likeness (QED) is 0.473. The lowest BCUT2D eigenvalue weighted by molar-refractivity contribution is -0.116. The number of thioether (sulfide) groups is 1. The molecule has 5 rings (SSSR count). The first-order chi connectivity index (χ1) is 15.6. The molecular weight excluding hydrogens is 425 g/mol. The van der Waals surface area contributed by atoms with Crippen molar-refractivity contribution in [1.29, 1.82) is 0 Å². The molecule has 0 saturated heterocycles. The number of aromatic nitrogens is 3. The molecule has 0 radical (unpaired) electrons. The summed E-state index contributed by atoms with van der Waals surface area (Å²) in [5, 5.41) is 11.7. The lowest BCUT2D eigenvalue weighted by Crippen LogP contribution is -2.41. The van der Waals surface area contributed by atoms with Gasteiger partial charge in [0.05, 0.1) is 6.04 Å². The van der Waals surface area contributed by atoms with Gasteiger partial charge in [0.1, 0.15) is 11.1 Å². The van der Waals surface area contributed by atoms with Crippen molar-refractivity contribution in [2.75, 3.05) is 10.7 Å². The van der Waals surface area contributed by atoms with Crippen molar-refractivity contribution in [2.24, 2.45) is 0 Å². The fourth-order valence-corrected chi connectivity index (χ4v) is 4.68. The summed E-state index contributed by atoms with van der Waals surface area (Å²) < 4.78 is 15.4. The number of nitrogens with one attached hydrogen (secondary N) is 2. The van der Waals surface area contributed by atoms with Crippen molar-refractivity contribution in [3.63, 3.8) is 0 Å². The van der Waals surface area contributed by atoms with Gasteiger partial charge in [-0.25, -0.2) is 9.07 Å². The minimum absolute atomic E-state index is 0.170. The maximum absolute atomic E-state index is 13.6. The van der Waals surface area contributed by atoms with Crippen LogP contribution in [0.15, 0.2) is 84.0 Å². The molecule has 6 nitrogen and oxygen atoms in total. The molecule has 1 aliphatic rings. The molecule has 2 heterocycles. The van der Waals surface area contributed by atoms with Gasteiger partial charge in [-0.05, 0) is 36.8 Å². The summed E-state index contributed by atoms with van der Waals surface area (Å²) in [5.41, 5.74) is 6.92. The highest BCUT2D eigenvalue weighted by Gasteiger charge is 2.38. The van der Waals surface area contributed by atoms with Gasteiger partial charge in [-0.15, -0.1) is 10.2 Å². The molecule has 0 saturated carbocycles. The van der Waals surface area contributed by atoms with Crippen LogP contribution in [0.25, 0.3) is 11.4 Å². The maximum atomic E-state index is 13.6. The Bertz CT molecular complexity index is 1240. The first-order valence-corrected chi connectivity index (χ1v) is 11.0. The number of rotatable bonds is 4. The Morgan fingerprint density at radius 2 is 1.72 bits per heavy atom. The first-order valence-electron chi connectivity index (χ1n) is 10.2. The zero-order valence-corrected chi connectivity index (χ0v) is 18.0. The van der Waals surface area contributed by atoms with Gasteiger partial charge >= 0.3 is 0 Å². The fraction of sp³-hybridized carbons (Fsp3) is 0.125. The van der Waals surface area contributed by atoms with Crippen LogP contribution >= 0.6 is 11.8 Å². The third-order valence-corrected chi connectivity index (χ3v) is 6.49. The van der Waals surface area contributed by atoms with Crippen LogP contribution in [0.4, 0.5) is 10.1 Å². The highest BCUT2D eigenvalue weighted by Crippen LogP contribution is 2.39. The summed E-state index contributed by atoms with van der Waals surface area (Å²) >= 11 is 1.33. The molecule has 4 aromatic rings. The number of amides is 1. The SMILES string of the molecule is Cc1ccc(NC(=O)[C@H]2Sc3nnc(-c4ccccc4)n3N[C@H]2c2ccc(F)cc2)cc1. The summed E-state index contributed by atoms with van der Waals surface area (Å²) in [6.45, 7) is 1.99. The van der Waals surface area contributed by atoms with Crippen molar-refractivity contribution in [3.05, 3.63) is 95.8 Å². The van der Waals surface area contributed by atoms with Crippen LogP contribution in [0.5, 0.6) is 0 Å². The third-order valence-electron chi connectivity index (χ3n) is 5.28. The van der Waals surface area contributed by atoms with E-state index in [0.29, 0.717) is 11.0 Å². The average Bonchev–Trinajstić information content (AvgIpc) is 3.24. The molecule has 160 valence electrons. The Kier molecular flexibility index (Phi) is 5.36. The zero-order chi connectivity index (χ0) is 22.1. The maximum Gasteiger partial charge on any atom is 0.240 e. The van der Waals surface area contributed by atoms with Crippen LogP contribution in [0.1, 0.15) is 17.2 Å². The van der Waals surface area contributed by atoms with Crippen molar-refractivity contribution < 1.29 is 9.18 Å². The molecule has 0 spiro atoms. The van der Waals surface area contributed by atoms with E-state index in [1.807, 2.05) is 61.5 Å². The van der Waals surface area contributed by atoms with E-state index in [0.717, 1.165) is 22.4 Å².